The number of hydrogen-bond donors (Lipinski definition) is 1. The molecule has 0 amide bonds. The predicted octanol–water partition coefficient (Wildman–Crippen LogP) is 3.42. The van der Waals surface area contributed by atoms with E-state index in [9.17, 15) is 5.11 Å². The van der Waals surface area contributed by atoms with E-state index in [2.05, 4.69) is 59.0 Å². The minimum atomic E-state index is -0.441. The molecule has 112 valence electrons. The minimum Gasteiger partial charge on any atom is -0.389 e. The van der Waals surface area contributed by atoms with Crippen LogP contribution in [0.1, 0.15) is 37.9 Å². The number of nitrogens with zero attached hydrogens (tertiary/aromatic N) is 2. The number of aliphatic hydroxyl groups is 1. The van der Waals surface area contributed by atoms with Crippen LogP contribution >= 0.6 is 15.9 Å². The summed E-state index contributed by atoms with van der Waals surface area (Å²) in [4.78, 5) is 4.68. The summed E-state index contributed by atoms with van der Waals surface area (Å²) in [5.41, 5.74) is 2.45. The molecule has 0 aliphatic heterocycles. The number of likely N-dealkylation sites (N-methyl/N-ethyl adjacent to an activating group) is 2. The first-order chi connectivity index (χ1) is 9.35. The number of anilines is 1. The van der Waals surface area contributed by atoms with Crippen LogP contribution in [0.15, 0.2) is 22.7 Å². The van der Waals surface area contributed by atoms with Gasteiger partial charge in [0.25, 0.3) is 0 Å². The standard InChI is InChI=1S/C16H25BrN2O/c1-12(20)14-7-6-13(10-15(14)17)19(4)11-16(18(2)3)8-5-9-16/h6-7,10,12,20H,5,8-9,11H2,1-4H3/t12-/m0/s1. The smallest absolute Gasteiger partial charge is 0.0772 e. The third-order valence-corrected chi connectivity index (χ3v) is 5.33. The molecule has 1 aliphatic carbocycles. The van der Waals surface area contributed by atoms with Crippen molar-refractivity contribution in [2.45, 2.75) is 37.8 Å². The van der Waals surface area contributed by atoms with Gasteiger partial charge in [0.05, 0.1) is 6.10 Å². The summed E-state index contributed by atoms with van der Waals surface area (Å²) in [6.07, 6.45) is 3.44. The molecule has 1 saturated carbocycles. The van der Waals surface area contributed by atoms with Crippen molar-refractivity contribution in [2.24, 2.45) is 0 Å². The lowest BCUT2D eigenvalue weighted by Gasteiger charge is -2.49. The summed E-state index contributed by atoms with van der Waals surface area (Å²) in [6, 6.07) is 6.20. The number of rotatable bonds is 5. The molecule has 3 nitrogen and oxygen atoms in total. The number of aliphatic hydroxyl groups excluding tert-OH is 1. The van der Waals surface area contributed by atoms with Crippen molar-refractivity contribution >= 4 is 21.6 Å². The molecular weight excluding hydrogens is 316 g/mol. The maximum absolute atomic E-state index is 9.69. The average Bonchev–Trinajstić information content (AvgIpc) is 2.32. The zero-order chi connectivity index (χ0) is 14.9. The van der Waals surface area contributed by atoms with Crippen LogP contribution < -0.4 is 4.90 Å². The van der Waals surface area contributed by atoms with Crippen molar-refractivity contribution < 1.29 is 5.11 Å². The Kier molecular flexibility index (Phi) is 4.77. The first-order valence-corrected chi connectivity index (χ1v) is 8.01. The highest BCUT2D eigenvalue weighted by atomic mass is 79.9. The highest BCUT2D eigenvalue weighted by Crippen LogP contribution is 2.38. The molecule has 0 aromatic heterocycles. The number of benzene rings is 1. The molecule has 0 heterocycles. The van der Waals surface area contributed by atoms with Crippen molar-refractivity contribution in [1.82, 2.24) is 4.90 Å². The van der Waals surface area contributed by atoms with Gasteiger partial charge in [-0.15, -0.1) is 0 Å². The van der Waals surface area contributed by atoms with Crippen LogP contribution in [0.25, 0.3) is 0 Å². The Balaban J connectivity index is 2.13. The summed E-state index contributed by atoms with van der Waals surface area (Å²) in [7, 11) is 6.51. The molecule has 0 bridgehead atoms. The van der Waals surface area contributed by atoms with Crippen LogP contribution in [-0.4, -0.2) is 43.2 Å². The molecule has 1 aromatic rings. The van der Waals surface area contributed by atoms with E-state index in [1.54, 1.807) is 6.92 Å². The third kappa shape index (κ3) is 3.02. The van der Waals surface area contributed by atoms with Gasteiger partial charge in [0.15, 0.2) is 0 Å². The van der Waals surface area contributed by atoms with Crippen LogP contribution in [0.4, 0.5) is 5.69 Å². The summed E-state index contributed by atoms with van der Waals surface area (Å²) in [5.74, 6) is 0. The molecule has 1 N–H and O–H groups in total. The fourth-order valence-electron chi connectivity index (χ4n) is 2.96. The predicted molar refractivity (Wildman–Crippen MR) is 88.3 cm³/mol. The van der Waals surface area contributed by atoms with Crippen molar-refractivity contribution in [1.29, 1.82) is 0 Å². The van der Waals surface area contributed by atoms with Crippen LogP contribution in [0.3, 0.4) is 0 Å². The SMILES string of the molecule is C[C@H](O)c1ccc(N(C)CC2(N(C)C)CCC2)cc1Br. The maximum Gasteiger partial charge on any atom is 0.0772 e. The van der Waals surface area contributed by atoms with Crippen LogP contribution in [-0.2, 0) is 0 Å². The molecule has 1 aliphatic rings. The van der Waals surface area contributed by atoms with Gasteiger partial charge >= 0.3 is 0 Å². The molecule has 0 unspecified atom stereocenters. The normalized spacial score (nSPS) is 18.8. The molecule has 0 spiro atoms. The third-order valence-electron chi connectivity index (χ3n) is 4.64. The van der Waals surface area contributed by atoms with Gasteiger partial charge in [-0.1, -0.05) is 22.0 Å². The van der Waals surface area contributed by atoms with Gasteiger partial charge in [0, 0.05) is 29.3 Å². The molecule has 1 fully saturated rings. The Hall–Kier alpha value is -0.580. The first-order valence-electron chi connectivity index (χ1n) is 7.22. The van der Waals surface area contributed by atoms with E-state index in [1.807, 2.05) is 6.07 Å². The first kappa shape index (κ1) is 15.8. The molecule has 0 saturated heterocycles. The van der Waals surface area contributed by atoms with E-state index < -0.39 is 6.10 Å². The highest BCUT2D eigenvalue weighted by molar-refractivity contribution is 9.10. The monoisotopic (exact) mass is 340 g/mol. The van der Waals surface area contributed by atoms with Gasteiger partial charge in [0.1, 0.15) is 0 Å². The van der Waals surface area contributed by atoms with Gasteiger partial charge in [-0.25, -0.2) is 0 Å². The Labute approximate surface area is 130 Å². The molecule has 20 heavy (non-hydrogen) atoms. The van der Waals surface area contributed by atoms with Gasteiger partial charge in [-0.05, 0) is 58.0 Å². The van der Waals surface area contributed by atoms with Crippen molar-refractivity contribution in [3.8, 4) is 0 Å². The Morgan fingerprint density at radius 3 is 2.35 bits per heavy atom. The van der Waals surface area contributed by atoms with Crippen molar-refractivity contribution in [3.63, 3.8) is 0 Å². The van der Waals surface area contributed by atoms with Crippen LogP contribution in [0.2, 0.25) is 0 Å². The maximum atomic E-state index is 9.69. The van der Waals surface area contributed by atoms with Gasteiger partial charge in [-0.2, -0.15) is 0 Å². The topological polar surface area (TPSA) is 26.7 Å². The van der Waals surface area contributed by atoms with Gasteiger partial charge < -0.3 is 14.9 Å². The zero-order valence-corrected chi connectivity index (χ0v) is 14.4. The Bertz CT molecular complexity index is 470. The molecule has 0 radical (unpaired) electrons. The summed E-state index contributed by atoms with van der Waals surface area (Å²) in [5, 5.41) is 9.69. The van der Waals surface area contributed by atoms with Crippen molar-refractivity contribution in [3.05, 3.63) is 28.2 Å². The lowest BCUT2D eigenvalue weighted by Crippen LogP contribution is -2.56. The molecular formula is C16H25BrN2O. The van der Waals surface area contributed by atoms with E-state index in [4.69, 9.17) is 0 Å². The van der Waals surface area contributed by atoms with Crippen molar-refractivity contribution in [2.75, 3.05) is 32.6 Å². The number of halogens is 1. The molecule has 1 aromatic carbocycles. The Morgan fingerprint density at radius 1 is 1.30 bits per heavy atom. The van der Waals surface area contributed by atoms with Crippen LogP contribution in [0.5, 0.6) is 0 Å². The molecule has 2 rings (SSSR count). The van der Waals surface area contributed by atoms with E-state index in [-0.39, 0.29) is 0 Å². The average molecular weight is 341 g/mol. The lowest BCUT2D eigenvalue weighted by atomic mass is 9.75. The second-order valence-electron chi connectivity index (χ2n) is 6.21. The fraction of sp³-hybridized carbons (Fsp3) is 0.625. The van der Waals surface area contributed by atoms with E-state index in [1.165, 1.54) is 24.9 Å². The highest BCUT2D eigenvalue weighted by Gasteiger charge is 2.39. The molecule has 1 atom stereocenters. The number of hydrogen-bond acceptors (Lipinski definition) is 3. The summed E-state index contributed by atoms with van der Waals surface area (Å²) in [6.45, 7) is 2.83. The van der Waals surface area contributed by atoms with E-state index in [0.29, 0.717) is 5.54 Å². The van der Waals surface area contributed by atoms with E-state index in [0.717, 1.165) is 16.6 Å². The van der Waals surface area contributed by atoms with E-state index >= 15 is 0 Å². The summed E-state index contributed by atoms with van der Waals surface area (Å²) < 4.78 is 0.976. The van der Waals surface area contributed by atoms with Gasteiger partial charge in [-0.3, -0.25) is 0 Å². The fourth-order valence-corrected chi connectivity index (χ4v) is 3.65. The Morgan fingerprint density at radius 2 is 1.95 bits per heavy atom. The zero-order valence-electron chi connectivity index (χ0n) is 12.9. The minimum absolute atomic E-state index is 0.324. The quantitative estimate of drug-likeness (QED) is 0.889. The largest absolute Gasteiger partial charge is 0.389 e. The van der Waals surface area contributed by atoms with Gasteiger partial charge in [0.2, 0.25) is 0 Å². The second kappa shape index (κ2) is 6.04. The van der Waals surface area contributed by atoms with Crippen LogP contribution in [0, 0.1) is 0 Å². The molecule has 4 heteroatoms. The lowest BCUT2D eigenvalue weighted by molar-refractivity contribution is 0.0683. The second-order valence-corrected chi connectivity index (χ2v) is 7.06. The summed E-state index contributed by atoms with van der Waals surface area (Å²) >= 11 is 3.56.